The molecule has 0 saturated carbocycles. The quantitative estimate of drug-likeness (QED) is 0.593. The van der Waals surface area contributed by atoms with E-state index in [1.807, 2.05) is 30.3 Å². The van der Waals surface area contributed by atoms with Crippen molar-refractivity contribution in [2.24, 2.45) is 5.73 Å². The summed E-state index contributed by atoms with van der Waals surface area (Å²) in [6.45, 7) is 1.71. The van der Waals surface area contributed by atoms with E-state index >= 15 is 0 Å². The second kappa shape index (κ2) is 9.39. The first kappa shape index (κ1) is 18.4. The highest BCUT2D eigenvalue weighted by molar-refractivity contribution is 5.87. The number of likely N-dealkylation sites (tertiary alicyclic amines) is 1. The Balaban J connectivity index is 2.00. The normalized spacial score (nSPS) is 18.5. The van der Waals surface area contributed by atoms with Gasteiger partial charge in [-0.2, -0.15) is 0 Å². The molecule has 1 aliphatic rings. The van der Waals surface area contributed by atoms with Crippen molar-refractivity contribution < 1.29 is 14.7 Å². The van der Waals surface area contributed by atoms with Crippen LogP contribution in [-0.2, 0) is 16.1 Å². The molecule has 4 N–H and O–H groups in total. The maximum Gasteiger partial charge on any atom is 0.326 e. The minimum Gasteiger partial charge on any atom is -0.480 e. The number of amides is 1. The van der Waals surface area contributed by atoms with E-state index in [0.29, 0.717) is 32.5 Å². The second-order valence-electron chi connectivity index (χ2n) is 6.23. The molecule has 0 bridgehead atoms. The summed E-state index contributed by atoms with van der Waals surface area (Å²) in [5.41, 5.74) is 6.65. The molecule has 0 aliphatic carbocycles. The molecular weight excluding hydrogens is 306 g/mol. The van der Waals surface area contributed by atoms with Crippen molar-refractivity contribution in [1.82, 2.24) is 10.2 Å². The highest BCUT2D eigenvalue weighted by atomic mass is 16.4. The fourth-order valence-corrected chi connectivity index (χ4v) is 3.13. The topological polar surface area (TPSA) is 95.7 Å². The van der Waals surface area contributed by atoms with E-state index in [9.17, 15) is 14.7 Å². The highest BCUT2D eigenvalue weighted by Gasteiger charge is 2.36. The summed E-state index contributed by atoms with van der Waals surface area (Å²) in [5.74, 6) is -1.02. The molecule has 2 rings (SSSR count). The number of carboxylic acid groups (broad SMARTS) is 1. The summed E-state index contributed by atoms with van der Waals surface area (Å²) in [5, 5.41) is 12.6. The number of carbonyl (C=O) groups excluding carboxylic acids is 1. The Morgan fingerprint density at radius 1 is 1.29 bits per heavy atom. The van der Waals surface area contributed by atoms with Crippen molar-refractivity contribution in [3.05, 3.63) is 35.9 Å². The van der Waals surface area contributed by atoms with Crippen molar-refractivity contribution in [3.63, 3.8) is 0 Å². The number of hydrogen-bond acceptors (Lipinski definition) is 4. The molecule has 1 unspecified atom stereocenters. The van der Waals surface area contributed by atoms with E-state index < -0.39 is 12.0 Å². The van der Waals surface area contributed by atoms with Gasteiger partial charge in [0.15, 0.2) is 0 Å². The van der Waals surface area contributed by atoms with Gasteiger partial charge < -0.3 is 21.1 Å². The Bertz CT molecular complexity index is 536. The zero-order chi connectivity index (χ0) is 17.4. The smallest absolute Gasteiger partial charge is 0.326 e. The molecular formula is C18H27N3O3. The SMILES string of the molecule is NCCCCC(NCc1ccccc1)C(=O)N1CCC[C@H]1C(=O)O. The van der Waals surface area contributed by atoms with Gasteiger partial charge in [-0.05, 0) is 37.8 Å². The first-order valence-electron chi connectivity index (χ1n) is 8.64. The number of carboxylic acids is 1. The fraction of sp³-hybridized carbons (Fsp3) is 0.556. The number of benzene rings is 1. The number of nitrogens with zero attached hydrogens (tertiary/aromatic N) is 1. The van der Waals surface area contributed by atoms with Gasteiger partial charge in [0.05, 0.1) is 6.04 Å². The van der Waals surface area contributed by atoms with Crippen LogP contribution in [0, 0.1) is 0 Å². The third-order valence-electron chi connectivity index (χ3n) is 4.46. The molecule has 132 valence electrons. The van der Waals surface area contributed by atoms with Crippen LogP contribution in [0.4, 0.5) is 0 Å². The Labute approximate surface area is 143 Å². The lowest BCUT2D eigenvalue weighted by Gasteiger charge is -2.27. The summed E-state index contributed by atoms with van der Waals surface area (Å²) in [6.07, 6.45) is 3.66. The molecule has 0 aromatic heterocycles. The summed E-state index contributed by atoms with van der Waals surface area (Å²) >= 11 is 0. The largest absolute Gasteiger partial charge is 0.480 e. The summed E-state index contributed by atoms with van der Waals surface area (Å²) in [6, 6.07) is 8.83. The third-order valence-corrected chi connectivity index (χ3v) is 4.46. The molecule has 6 nitrogen and oxygen atoms in total. The molecule has 6 heteroatoms. The Morgan fingerprint density at radius 3 is 2.71 bits per heavy atom. The summed E-state index contributed by atoms with van der Waals surface area (Å²) in [4.78, 5) is 25.7. The van der Waals surface area contributed by atoms with Gasteiger partial charge in [-0.1, -0.05) is 36.8 Å². The minimum atomic E-state index is -0.912. The lowest BCUT2D eigenvalue weighted by atomic mass is 10.1. The van der Waals surface area contributed by atoms with E-state index in [4.69, 9.17) is 5.73 Å². The monoisotopic (exact) mass is 333 g/mol. The average molecular weight is 333 g/mol. The molecule has 1 heterocycles. The standard InChI is InChI=1S/C18H27N3O3/c19-11-5-4-9-15(20-13-14-7-2-1-3-8-14)17(22)21-12-6-10-16(21)18(23)24/h1-3,7-8,15-16,20H,4-6,9-13,19H2,(H,23,24)/t15?,16-/m0/s1. The summed E-state index contributed by atoms with van der Waals surface area (Å²) < 4.78 is 0. The van der Waals surface area contributed by atoms with Crippen LogP contribution < -0.4 is 11.1 Å². The van der Waals surface area contributed by atoms with Gasteiger partial charge in [-0.3, -0.25) is 4.79 Å². The van der Waals surface area contributed by atoms with E-state index in [2.05, 4.69) is 5.32 Å². The predicted molar refractivity (Wildman–Crippen MR) is 92.3 cm³/mol. The number of hydrogen-bond donors (Lipinski definition) is 3. The van der Waals surface area contributed by atoms with Gasteiger partial charge in [0.25, 0.3) is 0 Å². The predicted octanol–water partition coefficient (Wildman–Crippen LogP) is 1.35. The molecule has 2 atom stereocenters. The molecule has 1 saturated heterocycles. The molecule has 24 heavy (non-hydrogen) atoms. The van der Waals surface area contributed by atoms with Gasteiger partial charge in [-0.15, -0.1) is 0 Å². The van der Waals surface area contributed by atoms with E-state index in [0.717, 1.165) is 24.8 Å². The minimum absolute atomic E-state index is 0.104. The Hall–Kier alpha value is -1.92. The van der Waals surface area contributed by atoms with Crippen molar-refractivity contribution >= 4 is 11.9 Å². The van der Waals surface area contributed by atoms with Crippen LogP contribution in [0.1, 0.15) is 37.7 Å². The Kier molecular flexibility index (Phi) is 7.21. The number of nitrogens with two attached hydrogens (primary N) is 1. The van der Waals surface area contributed by atoms with Crippen LogP contribution in [0.25, 0.3) is 0 Å². The molecule has 0 spiro atoms. The molecule has 1 aromatic carbocycles. The van der Waals surface area contributed by atoms with Crippen molar-refractivity contribution in [2.75, 3.05) is 13.1 Å². The van der Waals surface area contributed by atoms with Gasteiger partial charge in [0.1, 0.15) is 6.04 Å². The number of carbonyl (C=O) groups is 2. The molecule has 1 aromatic rings. The lowest BCUT2D eigenvalue weighted by Crippen LogP contribution is -2.50. The highest BCUT2D eigenvalue weighted by Crippen LogP contribution is 2.20. The lowest BCUT2D eigenvalue weighted by molar-refractivity contribution is -0.149. The summed E-state index contributed by atoms with van der Waals surface area (Å²) in [7, 11) is 0. The molecule has 1 fully saturated rings. The van der Waals surface area contributed by atoms with Crippen LogP contribution in [-0.4, -0.2) is 47.1 Å². The number of unbranched alkanes of at least 4 members (excludes halogenated alkanes) is 1. The van der Waals surface area contributed by atoms with Gasteiger partial charge >= 0.3 is 5.97 Å². The maximum atomic E-state index is 12.8. The van der Waals surface area contributed by atoms with Crippen LogP contribution in [0.3, 0.4) is 0 Å². The molecule has 1 aliphatic heterocycles. The average Bonchev–Trinajstić information content (AvgIpc) is 3.08. The van der Waals surface area contributed by atoms with E-state index in [-0.39, 0.29) is 11.9 Å². The number of aliphatic carboxylic acids is 1. The van der Waals surface area contributed by atoms with Crippen LogP contribution in [0.5, 0.6) is 0 Å². The zero-order valence-electron chi connectivity index (χ0n) is 14.0. The van der Waals surface area contributed by atoms with Crippen LogP contribution in [0.15, 0.2) is 30.3 Å². The second-order valence-corrected chi connectivity index (χ2v) is 6.23. The fourth-order valence-electron chi connectivity index (χ4n) is 3.13. The van der Waals surface area contributed by atoms with Crippen molar-refractivity contribution in [2.45, 2.75) is 50.7 Å². The van der Waals surface area contributed by atoms with Gasteiger partial charge in [0, 0.05) is 13.1 Å². The van der Waals surface area contributed by atoms with Crippen molar-refractivity contribution in [3.8, 4) is 0 Å². The molecule has 1 amide bonds. The van der Waals surface area contributed by atoms with E-state index in [1.54, 1.807) is 0 Å². The zero-order valence-corrected chi connectivity index (χ0v) is 14.0. The van der Waals surface area contributed by atoms with Gasteiger partial charge in [-0.25, -0.2) is 4.79 Å². The Morgan fingerprint density at radius 2 is 2.04 bits per heavy atom. The number of rotatable bonds is 9. The van der Waals surface area contributed by atoms with E-state index in [1.165, 1.54) is 4.90 Å². The third kappa shape index (κ3) is 5.04. The maximum absolute atomic E-state index is 12.8. The molecule has 0 radical (unpaired) electrons. The van der Waals surface area contributed by atoms with Crippen LogP contribution in [0.2, 0.25) is 0 Å². The van der Waals surface area contributed by atoms with Crippen LogP contribution >= 0.6 is 0 Å². The first-order valence-corrected chi connectivity index (χ1v) is 8.64. The first-order chi connectivity index (χ1) is 11.6. The number of nitrogens with one attached hydrogen (secondary N) is 1. The van der Waals surface area contributed by atoms with Crippen molar-refractivity contribution in [1.29, 1.82) is 0 Å². The van der Waals surface area contributed by atoms with Gasteiger partial charge in [0.2, 0.25) is 5.91 Å².